The average Bonchev–Trinajstić information content (AvgIpc) is 2.89. The van der Waals surface area contributed by atoms with Gasteiger partial charge in [-0.15, -0.1) is 0 Å². The molecule has 6 rings (SSSR count). The van der Waals surface area contributed by atoms with E-state index >= 15 is 0 Å². The summed E-state index contributed by atoms with van der Waals surface area (Å²) in [6.07, 6.45) is 0. The van der Waals surface area contributed by atoms with E-state index < -0.39 is 8.30 Å². The molecule has 0 radical (unpaired) electrons. The van der Waals surface area contributed by atoms with E-state index in [4.69, 9.17) is 4.52 Å². The van der Waals surface area contributed by atoms with Gasteiger partial charge in [0.2, 0.25) is 0 Å². The molecule has 2 aliphatic heterocycles. The number of nitrogens with zero attached hydrogens (tertiary/aromatic N) is 2. The van der Waals surface area contributed by atoms with E-state index in [-0.39, 0.29) is 0 Å². The molecule has 2 atom stereocenters. The zero-order chi connectivity index (χ0) is 22.9. The Morgan fingerprint density at radius 3 is 2.06 bits per heavy atom. The second-order valence-corrected chi connectivity index (χ2v) is 11.7. The Morgan fingerprint density at radius 1 is 0.647 bits per heavy atom. The molecule has 4 nitrogen and oxygen atoms in total. The van der Waals surface area contributed by atoms with Crippen LogP contribution in [0.5, 0.6) is 11.5 Å². The van der Waals surface area contributed by atoms with Crippen molar-refractivity contribution in [1.29, 1.82) is 0 Å². The molecule has 1 N–H and O–H groups in total. The second kappa shape index (κ2) is 9.49. The minimum atomic E-state index is -0.841. The molecule has 0 spiro atoms. The molecule has 1 saturated heterocycles. The number of benzene rings is 4. The van der Waals surface area contributed by atoms with Crippen molar-refractivity contribution in [2.45, 2.75) is 0 Å². The first-order valence-corrected chi connectivity index (χ1v) is 13.7. The molecule has 2 heterocycles. The summed E-state index contributed by atoms with van der Waals surface area (Å²) in [6, 6.07) is 33.1. The van der Waals surface area contributed by atoms with Crippen LogP contribution in [0.3, 0.4) is 0 Å². The number of hydrogen-bond donors (Lipinski definition) is 1. The first-order valence-electron chi connectivity index (χ1n) is 11.6. The molecule has 4 aromatic carbocycles. The monoisotopic (exact) mass is 484 g/mol. The highest BCUT2D eigenvalue weighted by Gasteiger charge is 2.33. The van der Waals surface area contributed by atoms with Crippen LogP contribution in [-0.4, -0.2) is 40.6 Å². The van der Waals surface area contributed by atoms with E-state index in [0.717, 1.165) is 43.1 Å². The van der Waals surface area contributed by atoms with Gasteiger partial charge in [0, 0.05) is 42.6 Å². The first kappa shape index (κ1) is 21.8. The predicted molar refractivity (Wildman–Crippen MR) is 144 cm³/mol. The minimum Gasteiger partial charge on any atom is -0.507 e. The number of fused-ring (bicyclic) bond motifs is 3. The summed E-state index contributed by atoms with van der Waals surface area (Å²) < 4.78 is 11.7. The van der Waals surface area contributed by atoms with Gasteiger partial charge in [-0.1, -0.05) is 78.9 Å². The maximum Gasteiger partial charge on any atom is 0.197 e. The quantitative estimate of drug-likeness (QED) is 0.383. The highest BCUT2D eigenvalue weighted by atomic mass is 31.2. The Balaban J connectivity index is 1.19. The summed E-state index contributed by atoms with van der Waals surface area (Å²) in [4.78, 5) is 0. The zero-order valence-corrected chi connectivity index (χ0v) is 20.7. The Bertz CT molecular complexity index is 1320. The maximum absolute atomic E-state index is 10.4. The second-order valence-electron chi connectivity index (χ2n) is 8.49. The molecular weight excluding hydrogens is 458 g/mol. The van der Waals surface area contributed by atoms with Crippen molar-refractivity contribution in [2.24, 2.45) is 0 Å². The van der Waals surface area contributed by atoms with E-state index in [1.807, 2.05) is 24.3 Å². The van der Waals surface area contributed by atoms with Crippen LogP contribution in [0.2, 0.25) is 0 Å². The molecular formula is C28H26N2O2P2. The number of phenolic OH excluding ortho intramolecular Hbond substituents is 1. The minimum absolute atomic E-state index is 0.334. The Kier molecular flexibility index (Phi) is 6.07. The van der Waals surface area contributed by atoms with Gasteiger partial charge in [-0.05, 0) is 43.4 Å². The fourth-order valence-corrected chi connectivity index (χ4v) is 7.96. The molecule has 0 aliphatic carbocycles. The molecule has 1 fully saturated rings. The van der Waals surface area contributed by atoms with Crippen molar-refractivity contribution >= 4 is 27.6 Å². The zero-order valence-electron chi connectivity index (χ0n) is 18.8. The Morgan fingerprint density at radius 2 is 1.26 bits per heavy atom. The molecule has 6 heteroatoms. The van der Waals surface area contributed by atoms with Gasteiger partial charge < -0.3 is 9.63 Å². The van der Waals surface area contributed by atoms with Gasteiger partial charge in [0.05, 0.1) is 0 Å². The lowest BCUT2D eigenvalue weighted by atomic mass is 10.0. The predicted octanol–water partition coefficient (Wildman–Crippen LogP) is 5.59. The van der Waals surface area contributed by atoms with E-state index in [1.54, 1.807) is 6.07 Å². The molecule has 34 heavy (non-hydrogen) atoms. The third-order valence-corrected chi connectivity index (χ3v) is 9.91. The first-order chi connectivity index (χ1) is 16.8. The molecule has 0 amide bonds. The van der Waals surface area contributed by atoms with Gasteiger partial charge in [0.15, 0.2) is 8.30 Å². The van der Waals surface area contributed by atoms with Crippen molar-refractivity contribution in [1.82, 2.24) is 9.34 Å². The molecule has 4 aromatic rings. The van der Waals surface area contributed by atoms with E-state index in [0.29, 0.717) is 14.5 Å². The van der Waals surface area contributed by atoms with Crippen molar-refractivity contribution < 1.29 is 9.63 Å². The van der Waals surface area contributed by atoms with Crippen molar-refractivity contribution in [3.63, 3.8) is 0 Å². The van der Waals surface area contributed by atoms with Gasteiger partial charge in [-0.2, -0.15) is 0 Å². The van der Waals surface area contributed by atoms with Crippen LogP contribution in [0.15, 0.2) is 97.1 Å². The summed E-state index contributed by atoms with van der Waals surface area (Å²) in [5.74, 6) is 1.33. The van der Waals surface area contributed by atoms with Crippen LogP contribution >= 0.6 is 17.0 Å². The number of hydrogen-bond acceptors (Lipinski definition) is 4. The summed E-state index contributed by atoms with van der Waals surface area (Å²) in [5, 5.41) is 13.0. The smallest absolute Gasteiger partial charge is 0.197 e. The number of rotatable bonds is 4. The molecule has 170 valence electrons. The standard InChI is InChI=1S/C28H26N2O2P2/c31-25-13-5-1-9-21(25)23-11-3-7-15-27(23)33-29-17-19-30(20-18-29)34-28-16-8-4-12-24(28)22-10-2-6-14-26(22)32-34/h1-16,31,33H,17-20H2. The van der Waals surface area contributed by atoms with Gasteiger partial charge in [0.1, 0.15) is 11.5 Å². The lowest BCUT2D eigenvalue weighted by molar-refractivity contribution is 0.287. The number of piperazine rings is 1. The Labute approximate surface area is 203 Å². The lowest BCUT2D eigenvalue weighted by Gasteiger charge is -2.40. The van der Waals surface area contributed by atoms with Gasteiger partial charge in [0.25, 0.3) is 0 Å². The largest absolute Gasteiger partial charge is 0.507 e. The SMILES string of the molecule is Oc1ccccc1-c1ccccc1PN1CCN(P2Oc3ccccc3-c3ccccc32)CC1. The van der Waals surface area contributed by atoms with Crippen LogP contribution in [0.1, 0.15) is 0 Å². The highest BCUT2D eigenvalue weighted by Crippen LogP contribution is 2.51. The third-order valence-electron chi connectivity index (χ3n) is 6.38. The highest BCUT2D eigenvalue weighted by molar-refractivity contribution is 7.59. The fraction of sp³-hybridized carbons (Fsp3) is 0.143. The summed E-state index contributed by atoms with van der Waals surface area (Å²) in [6.45, 7) is 3.96. The number of phenols is 1. The molecule has 2 unspecified atom stereocenters. The molecule has 0 aromatic heterocycles. The average molecular weight is 484 g/mol. The lowest BCUT2D eigenvalue weighted by Crippen LogP contribution is -2.43. The van der Waals surface area contributed by atoms with Gasteiger partial charge in [-0.3, -0.25) is 4.67 Å². The van der Waals surface area contributed by atoms with Crippen molar-refractivity contribution in [2.75, 3.05) is 26.2 Å². The van der Waals surface area contributed by atoms with Gasteiger partial charge >= 0.3 is 0 Å². The number of para-hydroxylation sites is 2. The van der Waals surface area contributed by atoms with E-state index in [1.165, 1.54) is 21.7 Å². The molecule has 0 saturated carbocycles. The van der Waals surface area contributed by atoms with Crippen LogP contribution in [0.4, 0.5) is 0 Å². The normalized spacial score (nSPS) is 18.4. The maximum atomic E-state index is 10.4. The van der Waals surface area contributed by atoms with Crippen molar-refractivity contribution in [3.8, 4) is 33.8 Å². The number of aromatic hydroxyl groups is 1. The summed E-state index contributed by atoms with van der Waals surface area (Å²) >= 11 is 0. The van der Waals surface area contributed by atoms with E-state index in [9.17, 15) is 5.11 Å². The van der Waals surface area contributed by atoms with Crippen LogP contribution in [0, 0.1) is 0 Å². The van der Waals surface area contributed by atoms with E-state index in [2.05, 4.69) is 76.1 Å². The van der Waals surface area contributed by atoms with Crippen molar-refractivity contribution in [3.05, 3.63) is 97.1 Å². The Hall–Kier alpha value is -2.74. The topological polar surface area (TPSA) is 35.9 Å². The summed E-state index contributed by atoms with van der Waals surface area (Å²) in [7, 11) is -0.272. The molecule has 2 aliphatic rings. The third kappa shape index (κ3) is 4.13. The summed E-state index contributed by atoms with van der Waals surface area (Å²) in [5.41, 5.74) is 4.51. The van der Waals surface area contributed by atoms with Crippen LogP contribution in [0.25, 0.3) is 22.3 Å². The molecule has 0 bridgehead atoms. The fourth-order valence-electron chi connectivity index (χ4n) is 4.67. The van der Waals surface area contributed by atoms with Crippen LogP contribution in [-0.2, 0) is 0 Å². The van der Waals surface area contributed by atoms with Gasteiger partial charge in [-0.25, -0.2) is 4.67 Å². The van der Waals surface area contributed by atoms with Crippen LogP contribution < -0.4 is 15.1 Å².